The molecule has 10 heteroatoms. The van der Waals surface area contributed by atoms with E-state index in [2.05, 4.69) is 20.5 Å². The van der Waals surface area contributed by atoms with E-state index < -0.39 is 10.1 Å². The molecule has 0 fully saturated rings. The second-order valence-electron chi connectivity index (χ2n) is 6.16. The van der Waals surface area contributed by atoms with E-state index in [1.54, 1.807) is 36.4 Å². The Hall–Kier alpha value is -3.63. The minimum Gasteiger partial charge on any atom is -0.494 e. The van der Waals surface area contributed by atoms with Gasteiger partial charge < -0.3 is 9.47 Å². The predicted molar refractivity (Wildman–Crippen MR) is 115 cm³/mol. The van der Waals surface area contributed by atoms with Crippen LogP contribution in [0.4, 0.5) is 22.7 Å². The summed E-state index contributed by atoms with van der Waals surface area (Å²) in [5.41, 5.74) is 1.90. The molecule has 0 unspecified atom stereocenters. The van der Waals surface area contributed by atoms with Crippen molar-refractivity contribution in [3.63, 3.8) is 0 Å². The van der Waals surface area contributed by atoms with Crippen molar-refractivity contribution in [3.05, 3.63) is 66.7 Å². The summed E-state index contributed by atoms with van der Waals surface area (Å²) in [6.07, 6.45) is 0. The van der Waals surface area contributed by atoms with Crippen molar-refractivity contribution in [1.29, 1.82) is 0 Å². The Morgan fingerprint density at radius 3 is 2.13 bits per heavy atom. The Labute approximate surface area is 179 Å². The van der Waals surface area contributed by atoms with Crippen LogP contribution in [0.1, 0.15) is 6.92 Å². The van der Waals surface area contributed by atoms with Crippen LogP contribution >= 0.6 is 0 Å². The first-order valence-corrected chi connectivity index (χ1v) is 10.6. The summed E-state index contributed by atoms with van der Waals surface area (Å²) in [6, 6.07) is 17.7. The van der Waals surface area contributed by atoms with Gasteiger partial charge in [-0.3, -0.25) is 4.55 Å². The van der Waals surface area contributed by atoms with Crippen LogP contribution in [0, 0.1) is 0 Å². The van der Waals surface area contributed by atoms with E-state index >= 15 is 0 Å². The molecule has 1 N–H and O–H groups in total. The largest absolute Gasteiger partial charge is 0.494 e. The third-order valence-corrected chi connectivity index (χ3v) is 4.83. The molecule has 0 aliphatic carbocycles. The van der Waals surface area contributed by atoms with Gasteiger partial charge in [-0.15, -0.1) is 5.11 Å². The second kappa shape index (κ2) is 9.92. The number of ether oxygens (including phenoxy) is 2. The van der Waals surface area contributed by atoms with Gasteiger partial charge in [-0.25, -0.2) is 0 Å². The van der Waals surface area contributed by atoms with Crippen LogP contribution in [0.15, 0.2) is 92.1 Å². The minimum atomic E-state index is -4.31. The minimum absolute atomic E-state index is 0.258. The lowest BCUT2D eigenvalue weighted by Crippen LogP contribution is -1.96. The fourth-order valence-electron chi connectivity index (χ4n) is 2.52. The monoisotopic (exact) mass is 440 g/mol. The molecule has 0 aromatic heterocycles. The molecule has 3 aromatic carbocycles. The third kappa shape index (κ3) is 6.17. The van der Waals surface area contributed by atoms with Gasteiger partial charge in [-0.1, -0.05) is 6.07 Å². The Bertz CT molecular complexity index is 1210. The highest BCUT2D eigenvalue weighted by Gasteiger charge is 2.09. The Morgan fingerprint density at radius 2 is 1.48 bits per heavy atom. The number of benzene rings is 3. The van der Waals surface area contributed by atoms with Crippen LogP contribution in [0.3, 0.4) is 0 Å². The van der Waals surface area contributed by atoms with Gasteiger partial charge in [0.25, 0.3) is 10.1 Å². The van der Waals surface area contributed by atoms with Gasteiger partial charge in [0, 0.05) is 6.07 Å². The molecule has 0 saturated carbocycles. The zero-order valence-corrected chi connectivity index (χ0v) is 17.7. The van der Waals surface area contributed by atoms with Gasteiger partial charge in [0.2, 0.25) is 0 Å². The lowest BCUT2D eigenvalue weighted by molar-refractivity contribution is 0.340. The van der Waals surface area contributed by atoms with Gasteiger partial charge in [-0.05, 0) is 61.5 Å². The normalized spacial score (nSPS) is 11.8. The maximum atomic E-state index is 11.2. The molecular weight excluding hydrogens is 420 g/mol. The summed E-state index contributed by atoms with van der Waals surface area (Å²) < 4.78 is 42.3. The summed E-state index contributed by atoms with van der Waals surface area (Å²) in [4.78, 5) is -0.258. The Morgan fingerprint density at radius 1 is 0.839 bits per heavy atom. The lowest BCUT2D eigenvalue weighted by Gasteiger charge is -2.04. The van der Waals surface area contributed by atoms with Gasteiger partial charge in [0.05, 0.1) is 35.7 Å². The number of nitrogens with zero attached hydrogens (tertiary/aromatic N) is 4. The highest BCUT2D eigenvalue weighted by Crippen LogP contribution is 2.34. The van der Waals surface area contributed by atoms with Gasteiger partial charge in [-0.2, -0.15) is 23.8 Å². The molecule has 160 valence electrons. The number of rotatable bonds is 8. The van der Waals surface area contributed by atoms with E-state index in [9.17, 15) is 8.42 Å². The first-order chi connectivity index (χ1) is 14.9. The van der Waals surface area contributed by atoms with Crippen molar-refractivity contribution >= 4 is 32.9 Å². The zero-order valence-electron chi connectivity index (χ0n) is 16.8. The highest BCUT2D eigenvalue weighted by atomic mass is 32.2. The van der Waals surface area contributed by atoms with E-state index in [1.165, 1.54) is 25.3 Å². The first-order valence-electron chi connectivity index (χ1n) is 9.21. The molecule has 0 heterocycles. The fraction of sp³-hybridized carbons (Fsp3) is 0.143. The number of azo groups is 2. The standard InChI is InChI=1S/C21H20N4O5S/c1-3-30-18-10-7-15(8-11-18)22-25-20-12-9-17(14-21(20)29-2)24-23-16-5-4-6-19(13-16)31(26,27)28/h4-14H,3H2,1-2H3,(H,26,27,28). The van der Waals surface area contributed by atoms with Crippen LogP contribution in [0.5, 0.6) is 11.5 Å². The number of hydrogen-bond acceptors (Lipinski definition) is 8. The smallest absolute Gasteiger partial charge is 0.294 e. The van der Waals surface area contributed by atoms with Gasteiger partial charge in [0.15, 0.2) is 0 Å². The average Bonchev–Trinajstić information content (AvgIpc) is 2.77. The summed E-state index contributed by atoms with van der Waals surface area (Å²) in [5, 5.41) is 16.5. The van der Waals surface area contributed by atoms with Crippen LogP contribution in [-0.4, -0.2) is 26.7 Å². The van der Waals surface area contributed by atoms with Crippen LogP contribution in [-0.2, 0) is 10.1 Å². The van der Waals surface area contributed by atoms with Gasteiger partial charge in [0.1, 0.15) is 17.2 Å². The van der Waals surface area contributed by atoms with Crippen molar-refractivity contribution in [2.24, 2.45) is 20.5 Å². The quantitative estimate of drug-likeness (QED) is 0.331. The average molecular weight is 440 g/mol. The summed E-state index contributed by atoms with van der Waals surface area (Å²) in [5.74, 6) is 1.20. The summed E-state index contributed by atoms with van der Waals surface area (Å²) in [6.45, 7) is 2.51. The molecule has 0 bridgehead atoms. The number of methoxy groups -OCH3 is 1. The van der Waals surface area contributed by atoms with E-state index in [4.69, 9.17) is 14.0 Å². The summed E-state index contributed by atoms with van der Waals surface area (Å²) in [7, 11) is -2.81. The zero-order chi connectivity index (χ0) is 22.3. The maximum absolute atomic E-state index is 11.2. The van der Waals surface area contributed by atoms with Crippen molar-refractivity contribution in [1.82, 2.24) is 0 Å². The van der Waals surface area contributed by atoms with E-state index in [-0.39, 0.29) is 10.6 Å². The Balaban J connectivity index is 1.77. The highest BCUT2D eigenvalue weighted by molar-refractivity contribution is 7.85. The van der Waals surface area contributed by atoms with Gasteiger partial charge >= 0.3 is 0 Å². The molecule has 0 spiro atoms. The maximum Gasteiger partial charge on any atom is 0.294 e. The van der Waals surface area contributed by atoms with Crippen LogP contribution in [0.25, 0.3) is 0 Å². The van der Waals surface area contributed by atoms with E-state index in [1.807, 2.05) is 19.1 Å². The molecule has 0 saturated heterocycles. The molecule has 31 heavy (non-hydrogen) atoms. The first kappa shape index (κ1) is 22.1. The molecule has 3 rings (SSSR count). The Kier molecular flexibility index (Phi) is 7.06. The predicted octanol–water partition coefficient (Wildman–Crippen LogP) is 6.17. The van der Waals surface area contributed by atoms with E-state index in [0.717, 1.165) is 5.75 Å². The fourth-order valence-corrected chi connectivity index (χ4v) is 3.04. The van der Waals surface area contributed by atoms with Crippen molar-refractivity contribution in [3.8, 4) is 11.5 Å². The van der Waals surface area contributed by atoms with E-state index in [0.29, 0.717) is 29.4 Å². The molecule has 0 amide bonds. The number of hydrogen-bond donors (Lipinski definition) is 1. The molecule has 0 atom stereocenters. The van der Waals surface area contributed by atoms with Crippen molar-refractivity contribution < 1.29 is 22.4 Å². The SMILES string of the molecule is CCOc1ccc(N=Nc2ccc(N=Nc3cccc(S(=O)(=O)O)c3)cc2OC)cc1. The molecule has 0 radical (unpaired) electrons. The van der Waals surface area contributed by atoms with Crippen LogP contribution < -0.4 is 9.47 Å². The summed E-state index contributed by atoms with van der Waals surface area (Å²) >= 11 is 0. The van der Waals surface area contributed by atoms with Crippen LogP contribution in [0.2, 0.25) is 0 Å². The molecule has 9 nitrogen and oxygen atoms in total. The topological polar surface area (TPSA) is 122 Å². The molecular formula is C21H20N4O5S. The lowest BCUT2D eigenvalue weighted by atomic mass is 10.2. The molecule has 0 aliphatic rings. The second-order valence-corrected chi connectivity index (χ2v) is 7.58. The van der Waals surface area contributed by atoms with Crippen molar-refractivity contribution in [2.45, 2.75) is 11.8 Å². The molecule has 0 aliphatic heterocycles. The molecule has 3 aromatic rings. The van der Waals surface area contributed by atoms with Crippen molar-refractivity contribution in [2.75, 3.05) is 13.7 Å². The third-order valence-electron chi connectivity index (χ3n) is 3.98.